The molecule has 0 bridgehead atoms. The molecule has 0 N–H and O–H groups in total. The Morgan fingerprint density at radius 3 is 1.35 bits per heavy atom. The molecule has 8 rings (SSSR count). The van der Waals surface area contributed by atoms with Crippen LogP contribution in [0.4, 0.5) is 0 Å². The fourth-order valence-electron chi connectivity index (χ4n) is 6.38. The van der Waals surface area contributed by atoms with Gasteiger partial charge in [-0.15, -0.1) is 0 Å². The van der Waals surface area contributed by atoms with Crippen LogP contribution in [0.25, 0.3) is 76.5 Å². The highest BCUT2D eigenvalue weighted by atomic mass is 14.2. The molecule has 0 radical (unpaired) electrons. The van der Waals surface area contributed by atoms with Crippen molar-refractivity contribution < 1.29 is 0 Å². The maximum atomic E-state index is 2.31. The summed E-state index contributed by atoms with van der Waals surface area (Å²) in [7, 11) is 0. The van der Waals surface area contributed by atoms with Gasteiger partial charge in [0.05, 0.1) is 0 Å². The SMILES string of the molecule is c1ccc2cc(-c3ccc(-c4cccc5c(-c6cccc7ccccc67)cccc45)c4ccccc34)ccc2c1. The fourth-order valence-corrected chi connectivity index (χ4v) is 6.38. The Balaban J connectivity index is 1.35. The first-order valence-corrected chi connectivity index (χ1v) is 13.9. The van der Waals surface area contributed by atoms with Crippen LogP contribution >= 0.6 is 0 Å². The average Bonchev–Trinajstić information content (AvgIpc) is 3.03. The molecule has 8 aromatic rings. The predicted molar refractivity (Wildman–Crippen MR) is 173 cm³/mol. The minimum Gasteiger partial charge on any atom is -0.0616 e. The lowest BCUT2D eigenvalue weighted by atomic mass is 9.87. The summed E-state index contributed by atoms with van der Waals surface area (Å²) in [4.78, 5) is 0. The molecule has 0 heterocycles. The third kappa shape index (κ3) is 3.61. The second-order valence-corrected chi connectivity index (χ2v) is 10.5. The molecule has 186 valence electrons. The zero-order valence-corrected chi connectivity index (χ0v) is 22.0. The molecule has 0 unspecified atom stereocenters. The summed E-state index contributed by atoms with van der Waals surface area (Å²) in [6.07, 6.45) is 0. The van der Waals surface area contributed by atoms with Gasteiger partial charge in [0.2, 0.25) is 0 Å². The van der Waals surface area contributed by atoms with E-state index < -0.39 is 0 Å². The summed E-state index contributed by atoms with van der Waals surface area (Å²) in [6.45, 7) is 0. The molecule has 0 spiro atoms. The van der Waals surface area contributed by atoms with Crippen molar-refractivity contribution in [3.8, 4) is 33.4 Å². The fraction of sp³-hybridized carbons (Fsp3) is 0. The van der Waals surface area contributed by atoms with Crippen molar-refractivity contribution in [3.05, 3.63) is 158 Å². The van der Waals surface area contributed by atoms with Gasteiger partial charge in [-0.3, -0.25) is 0 Å². The summed E-state index contributed by atoms with van der Waals surface area (Å²) in [5, 5.41) is 10.2. The van der Waals surface area contributed by atoms with Crippen LogP contribution in [-0.4, -0.2) is 0 Å². The first-order chi connectivity index (χ1) is 19.8. The highest BCUT2D eigenvalue weighted by Gasteiger charge is 2.14. The highest BCUT2D eigenvalue weighted by Crippen LogP contribution is 2.41. The van der Waals surface area contributed by atoms with Gasteiger partial charge in [-0.1, -0.05) is 152 Å². The van der Waals surface area contributed by atoms with Gasteiger partial charge in [-0.2, -0.15) is 0 Å². The smallest absolute Gasteiger partial charge is 0.00987 e. The van der Waals surface area contributed by atoms with E-state index in [-0.39, 0.29) is 0 Å². The lowest BCUT2D eigenvalue weighted by Crippen LogP contribution is -1.89. The van der Waals surface area contributed by atoms with Gasteiger partial charge in [-0.25, -0.2) is 0 Å². The third-order valence-corrected chi connectivity index (χ3v) is 8.28. The monoisotopic (exact) mass is 506 g/mol. The van der Waals surface area contributed by atoms with Gasteiger partial charge in [0.15, 0.2) is 0 Å². The van der Waals surface area contributed by atoms with Crippen molar-refractivity contribution in [2.24, 2.45) is 0 Å². The topological polar surface area (TPSA) is 0 Å². The van der Waals surface area contributed by atoms with E-state index in [0.717, 1.165) is 0 Å². The van der Waals surface area contributed by atoms with E-state index in [2.05, 4.69) is 158 Å². The average molecular weight is 507 g/mol. The van der Waals surface area contributed by atoms with Gasteiger partial charge in [-0.05, 0) is 82.5 Å². The third-order valence-electron chi connectivity index (χ3n) is 8.28. The quantitative estimate of drug-likeness (QED) is 0.223. The summed E-state index contributed by atoms with van der Waals surface area (Å²) in [6, 6.07) is 57.6. The summed E-state index contributed by atoms with van der Waals surface area (Å²) in [5.74, 6) is 0. The molecule has 0 amide bonds. The Hall–Kier alpha value is -5.20. The molecule has 0 aliphatic rings. The predicted octanol–water partition coefficient (Wildman–Crippen LogP) is 11.3. The maximum Gasteiger partial charge on any atom is -0.00987 e. The number of hydrogen-bond donors (Lipinski definition) is 0. The maximum absolute atomic E-state index is 2.31. The second kappa shape index (κ2) is 9.22. The van der Waals surface area contributed by atoms with E-state index in [1.54, 1.807) is 0 Å². The Morgan fingerprint density at radius 1 is 0.225 bits per heavy atom. The number of rotatable bonds is 3. The van der Waals surface area contributed by atoms with Gasteiger partial charge >= 0.3 is 0 Å². The second-order valence-electron chi connectivity index (χ2n) is 10.5. The van der Waals surface area contributed by atoms with Crippen molar-refractivity contribution in [1.29, 1.82) is 0 Å². The molecule has 0 aromatic heterocycles. The molecule has 0 saturated heterocycles. The van der Waals surface area contributed by atoms with Gasteiger partial charge in [0, 0.05) is 0 Å². The van der Waals surface area contributed by atoms with Crippen molar-refractivity contribution in [3.63, 3.8) is 0 Å². The summed E-state index contributed by atoms with van der Waals surface area (Å²) >= 11 is 0. The van der Waals surface area contributed by atoms with Crippen LogP contribution in [0.15, 0.2) is 158 Å². The number of benzene rings is 8. The molecule has 0 aliphatic carbocycles. The van der Waals surface area contributed by atoms with Crippen LogP contribution in [-0.2, 0) is 0 Å². The summed E-state index contributed by atoms with van der Waals surface area (Å²) in [5.41, 5.74) is 7.59. The molecular weight excluding hydrogens is 480 g/mol. The van der Waals surface area contributed by atoms with Crippen LogP contribution < -0.4 is 0 Å². The van der Waals surface area contributed by atoms with Crippen LogP contribution in [0.3, 0.4) is 0 Å². The molecule has 8 aromatic carbocycles. The van der Waals surface area contributed by atoms with Crippen LogP contribution in [0, 0.1) is 0 Å². The zero-order valence-electron chi connectivity index (χ0n) is 22.0. The van der Waals surface area contributed by atoms with E-state index in [1.807, 2.05) is 0 Å². The Kier molecular flexibility index (Phi) is 5.24. The molecule has 0 nitrogen and oxygen atoms in total. The van der Waals surface area contributed by atoms with E-state index in [4.69, 9.17) is 0 Å². The van der Waals surface area contributed by atoms with Crippen molar-refractivity contribution in [2.45, 2.75) is 0 Å². The minimum atomic E-state index is 1.25. The van der Waals surface area contributed by atoms with Crippen LogP contribution in [0.5, 0.6) is 0 Å². The molecule has 0 atom stereocenters. The molecule has 0 aliphatic heterocycles. The van der Waals surface area contributed by atoms with E-state index in [0.29, 0.717) is 0 Å². The van der Waals surface area contributed by atoms with Gasteiger partial charge in [0.25, 0.3) is 0 Å². The molecular formula is C40H26. The standard InChI is InChI=1S/C40H26/c1-2-12-29-26-30(23-22-27(29)10-1)32-24-25-40(35-16-6-5-15-33(32)35)39-21-9-19-37-36(18-8-20-38(37)39)34-17-7-13-28-11-3-4-14-31(28)34/h1-26H. The van der Waals surface area contributed by atoms with Gasteiger partial charge in [0.1, 0.15) is 0 Å². The Morgan fingerprint density at radius 2 is 0.650 bits per heavy atom. The van der Waals surface area contributed by atoms with E-state index in [1.165, 1.54) is 76.5 Å². The van der Waals surface area contributed by atoms with Crippen molar-refractivity contribution >= 4 is 43.1 Å². The van der Waals surface area contributed by atoms with Gasteiger partial charge < -0.3 is 0 Å². The largest absolute Gasteiger partial charge is 0.0616 e. The van der Waals surface area contributed by atoms with E-state index in [9.17, 15) is 0 Å². The van der Waals surface area contributed by atoms with Crippen LogP contribution in [0.2, 0.25) is 0 Å². The zero-order chi connectivity index (χ0) is 26.5. The minimum absolute atomic E-state index is 1.25. The lowest BCUT2D eigenvalue weighted by Gasteiger charge is -2.16. The lowest BCUT2D eigenvalue weighted by molar-refractivity contribution is 1.65. The first-order valence-electron chi connectivity index (χ1n) is 13.9. The normalized spacial score (nSPS) is 11.5. The molecule has 0 saturated carbocycles. The Bertz CT molecular complexity index is 2210. The van der Waals surface area contributed by atoms with Crippen molar-refractivity contribution in [2.75, 3.05) is 0 Å². The molecule has 40 heavy (non-hydrogen) atoms. The van der Waals surface area contributed by atoms with Crippen LogP contribution in [0.1, 0.15) is 0 Å². The summed E-state index contributed by atoms with van der Waals surface area (Å²) < 4.78 is 0. The molecule has 0 heteroatoms. The number of hydrogen-bond acceptors (Lipinski definition) is 0. The highest BCUT2D eigenvalue weighted by molar-refractivity contribution is 6.13. The van der Waals surface area contributed by atoms with E-state index >= 15 is 0 Å². The number of fused-ring (bicyclic) bond motifs is 4. The first kappa shape index (κ1) is 22.8. The van der Waals surface area contributed by atoms with Crippen molar-refractivity contribution in [1.82, 2.24) is 0 Å². The Labute approximate surface area is 233 Å². The molecule has 0 fully saturated rings.